The molecule has 0 N–H and O–H groups in total. The van der Waals surface area contributed by atoms with Crippen LogP contribution in [0.15, 0.2) is 0 Å². The maximum atomic E-state index is 0. The second-order valence-electron chi connectivity index (χ2n) is 0. The number of hydrogen-bond donors (Lipinski definition) is 0. The van der Waals surface area contributed by atoms with E-state index in [1.807, 2.05) is 0 Å². The first kappa shape index (κ1) is 121. The van der Waals surface area contributed by atoms with E-state index < -0.39 is 0 Å². The van der Waals surface area contributed by atoms with Crippen molar-refractivity contribution in [3.8, 4) is 0 Å². The van der Waals surface area contributed by atoms with Crippen LogP contribution in [-0.2, 0) is 44.4 Å². The van der Waals surface area contributed by atoms with Gasteiger partial charge in [-0.1, -0.05) is 0 Å². The normalized spacial score (nSPS) is 0. The van der Waals surface area contributed by atoms with E-state index in [9.17, 15) is 0 Å². The molecule has 0 rings (SSSR count). The summed E-state index contributed by atoms with van der Waals surface area (Å²) in [7, 11) is 0. The van der Waals surface area contributed by atoms with Crippen LogP contribution in [0.2, 0.25) is 0 Å². The predicted octanol–water partition coefficient (Wildman–Crippen LogP) is -1.36. The average Bonchev–Trinajstić information content (AvgIpc) is 0. The van der Waals surface area contributed by atoms with Crippen LogP contribution in [0.5, 0.6) is 0 Å². The molecule has 0 saturated heterocycles. The van der Waals surface area contributed by atoms with Crippen LogP contribution in [0.3, 0.4) is 0 Å². The number of hydrogen-bond acceptors (Lipinski definition) is 0. The molecule has 0 unspecified atom stereocenters. The minimum Gasteiger partial charge on any atom is -2.00 e. The van der Waals surface area contributed by atoms with Gasteiger partial charge in [0.05, 0.1) is 0 Å². The van der Waals surface area contributed by atoms with Gasteiger partial charge in [-0.15, -0.1) is 0 Å². The smallest absolute Gasteiger partial charge is 2.00 e. The van der Waals surface area contributed by atoms with E-state index in [4.69, 9.17) is 0 Å². The Bertz CT molecular complexity index is 16.9. The molecule has 0 aromatic rings. The molecule has 0 spiro atoms. The zero-order valence-electron chi connectivity index (χ0n) is 4.15. The van der Waals surface area contributed by atoms with Gasteiger partial charge in [-0.3, -0.25) is 0 Å². The summed E-state index contributed by atoms with van der Waals surface area (Å²) in [4.78, 5) is 0. The molecule has 0 heterocycles. The van der Waals surface area contributed by atoms with Crippen molar-refractivity contribution in [2.45, 2.75) is 0 Å². The molecule has 0 aliphatic rings. The van der Waals surface area contributed by atoms with Gasteiger partial charge in [0, 0.05) is 0 Å². The van der Waals surface area contributed by atoms with E-state index >= 15 is 0 Å². The van der Waals surface area contributed by atoms with Crippen molar-refractivity contribution in [3.63, 3.8) is 0 Å². The summed E-state index contributed by atoms with van der Waals surface area (Å²) in [6.45, 7) is 0. The Morgan fingerprint density at radius 2 is 0.556 bits per heavy atom. The van der Waals surface area contributed by atoms with Crippen LogP contribution >= 0.6 is 0 Å². The summed E-state index contributed by atoms with van der Waals surface area (Å²) in [6.07, 6.45) is 0. The molecule has 47 valence electrons. The fraction of sp³-hybridized carbons (Fsp3) is 0. The van der Waals surface area contributed by atoms with E-state index in [2.05, 4.69) is 0 Å². The second-order valence-corrected chi connectivity index (χ2v) is 0. The molecule has 0 fully saturated rings. The maximum Gasteiger partial charge on any atom is 3.00 e. The minimum absolute atomic E-state index is 0. The van der Waals surface area contributed by atoms with E-state index in [1.54, 1.807) is 0 Å². The summed E-state index contributed by atoms with van der Waals surface area (Å²) in [5.74, 6) is 0. The Labute approximate surface area is 148 Å². The standard InChI is InChI=1S/Bi.La.Mn.5O.Sr/q2*+3;+2;5*-2;+2. The van der Waals surface area contributed by atoms with E-state index in [0.29, 0.717) is 0 Å². The molecule has 0 bridgehead atoms. The van der Waals surface area contributed by atoms with Gasteiger partial charge in [0.1, 0.15) is 0 Å². The van der Waals surface area contributed by atoms with Crippen molar-refractivity contribution in [1.82, 2.24) is 0 Å². The third kappa shape index (κ3) is 77.1. The Morgan fingerprint density at radius 1 is 0.556 bits per heavy atom. The van der Waals surface area contributed by atoms with Crippen molar-refractivity contribution in [2.24, 2.45) is 0 Å². The molecule has 5 nitrogen and oxygen atoms in total. The van der Waals surface area contributed by atoms with Gasteiger partial charge < -0.3 is 27.4 Å². The molecule has 9 heteroatoms. The van der Waals surface area contributed by atoms with Gasteiger partial charge in [-0.25, -0.2) is 0 Å². The zero-order chi connectivity index (χ0) is 0. The molecule has 0 aromatic carbocycles. The largest absolute Gasteiger partial charge is 3.00 e. The predicted molar refractivity (Wildman–Crippen MR) is 14.9 cm³/mol. The molecule has 0 saturated carbocycles. The molecular weight excluding hydrogens is 570 g/mol. The van der Waals surface area contributed by atoms with Crippen LogP contribution < -0.4 is 0 Å². The third-order valence-corrected chi connectivity index (χ3v) is 0. The molecule has 0 aliphatic carbocycles. The van der Waals surface area contributed by atoms with Gasteiger partial charge in [0.2, 0.25) is 0 Å². The molecule has 0 aliphatic heterocycles. The van der Waals surface area contributed by atoms with Crippen LogP contribution in [0.25, 0.3) is 0 Å². The molecule has 0 atom stereocenters. The third-order valence-electron chi connectivity index (χ3n) is 0. The van der Waals surface area contributed by atoms with Gasteiger partial charge >= 0.3 is 124 Å². The van der Waals surface area contributed by atoms with E-state index in [-0.39, 0.29) is 152 Å². The van der Waals surface area contributed by atoms with Gasteiger partial charge in [0.15, 0.2) is 0 Å². The quantitative estimate of drug-likeness (QED) is 0.318. The van der Waals surface area contributed by atoms with Crippen LogP contribution in [0, 0.1) is 35.6 Å². The molecule has 0 aromatic heterocycles. The topological polar surface area (TPSA) is 142 Å². The average molecular weight is 570 g/mol. The monoisotopic (exact) mass is 571 g/mol. The first-order valence-electron chi connectivity index (χ1n) is 0. The van der Waals surface area contributed by atoms with E-state index in [1.165, 1.54) is 0 Å². The Hall–Kier alpha value is 3.88. The van der Waals surface area contributed by atoms with Crippen molar-refractivity contribution in [3.05, 3.63) is 0 Å². The molecule has 3 radical (unpaired) electrons. The summed E-state index contributed by atoms with van der Waals surface area (Å²) in [6, 6.07) is 0. The second kappa shape index (κ2) is 93.5. The Balaban J connectivity index is 0. The summed E-state index contributed by atoms with van der Waals surface area (Å²) in [5, 5.41) is 0. The van der Waals surface area contributed by atoms with Gasteiger partial charge in [-0.05, 0) is 0 Å². The van der Waals surface area contributed by atoms with Crippen LogP contribution in [-0.4, -0.2) is 71.7 Å². The summed E-state index contributed by atoms with van der Waals surface area (Å²) < 4.78 is 0. The van der Waals surface area contributed by atoms with Crippen molar-refractivity contribution in [2.75, 3.05) is 0 Å². The van der Waals surface area contributed by atoms with Gasteiger partial charge in [-0.2, -0.15) is 0 Å². The first-order valence-corrected chi connectivity index (χ1v) is 0. The van der Waals surface area contributed by atoms with Gasteiger partial charge in [0.25, 0.3) is 0 Å². The molecule has 0 amide bonds. The van der Waals surface area contributed by atoms with Crippen molar-refractivity contribution < 1.29 is 80.0 Å². The Morgan fingerprint density at radius 3 is 0.556 bits per heavy atom. The Kier molecular flexibility index (Phi) is 1250. The fourth-order valence-electron chi connectivity index (χ4n) is 0. The van der Waals surface area contributed by atoms with Crippen molar-refractivity contribution in [1.29, 1.82) is 0 Å². The zero-order valence-corrected chi connectivity index (χ0v) is 15.9. The van der Waals surface area contributed by atoms with Crippen molar-refractivity contribution >= 4 is 71.7 Å². The van der Waals surface area contributed by atoms with E-state index in [0.717, 1.165) is 0 Å². The molecular formula is BiLaMnO5Sr. The number of rotatable bonds is 0. The van der Waals surface area contributed by atoms with Crippen LogP contribution in [0.1, 0.15) is 0 Å². The minimum atomic E-state index is 0. The summed E-state index contributed by atoms with van der Waals surface area (Å²) >= 11 is 0. The van der Waals surface area contributed by atoms with Crippen LogP contribution in [0.4, 0.5) is 0 Å². The fourth-order valence-corrected chi connectivity index (χ4v) is 0. The first-order chi connectivity index (χ1) is 0. The summed E-state index contributed by atoms with van der Waals surface area (Å²) in [5.41, 5.74) is 0. The molecule has 9 heavy (non-hydrogen) atoms. The maximum absolute atomic E-state index is 0. The SMILES string of the molecule is [Bi+3].[La+3].[Mn+2].[O-2].[O-2].[O-2].[O-2].[O-2].[Sr+2].